The van der Waals surface area contributed by atoms with E-state index in [1.54, 1.807) is 6.26 Å². The number of hydrogen-bond donors (Lipinski definition) is 0. The molecular weight excluding hydrogens is 370 g/mol. The van der Waals surface area contributed by atoms with Crippen LogP contribution >= 0.6 is 0 Å². The minimum absolute atomic E-state index is 0.338. The molecule has 0 bridgehead atoms. The average Bonchev–Trinajstić information content (AvgIpc) is 3.25. The van der Waals surface area contributed by atoms with E-state index in [4.69, 9.17) is 9.40 Å². The van der Waals surface area contributed by atoms with Crippen molar-refractivity contribution >= 4 is 21.9 Å². The van der Waals surface area contributed by atoms with Gasteiger partial charge in [-0.3, -0.25) is 0 Å². The van der Waals surface area contributed by atoms with Crippen LogP contribution in [0, 0.1) is 0 Å². The third-order valence-corrected chi connectivity index (χ3v) is 6.08. The molecule has 0 fully saturated rings. The maximum absolute atomic E-state index is 5.52. The molecule has 3 aromatic carbocycles. The van der Waals surface area contributed by atoms with Crippen molar-refractivity contribution in [1.82, 2.24) is 14.9 Å². The highest BCUT2D eigenvalue weighted by Crippen LogP contribution is 2.36. The minimum atomic E-state index is 0.338. The Hall–Kier alpha value is -3.50. The third kappa shape index (κ3) is 2.88. The largest absolute Gasteiger partial charge is 0.464 e. The summed E-state index contributed by atoms with van der Waals surface area (Å²) >= 11 is 0. The Balaban J connectivity index is 1.43. The third-order valence-electron chi connectivity index (χ3n) is 6.08. The van der Waals surface area contributed by atoms with E-state index >= 15 is 0 Å². The van der Waals surface area contributed by atoms with Crippen molar-refractivity contribution in [2.24, 2.45) is 0 Å². The van der Waals surface area contributed by atoms with Gasteiger partial charge in [-0.1, -0.05) is 36.4 Å². The van der Waals surface area contributed by atoms with Crippen molar-refractivity contribution in [3.63, 3.8) is 0 Å². The van der Waals surface area contributed by atoms with Gasteiger partial charge in [-0.15, -0.1) is 0 Å². The molecule has 0 aliphatic carbocycles. The molecule has 3 heterocycles. The fourth-order valence-corrected chi connectivity index (χ4v) is 4.59. The van der Waals surface area contributed by atoms with Crippen molar-refractivity contribution in [1.29, 1.82) is 0 Å². The van der Waals surface area contributed by atoms with E-state index in [1.807, 2.05) is 36.5 Å². The summed E-state index contributed by atoms with van der Waals surface area (Å²) in [4.78, 5) is 11.8. The maximum atomic E-state index is 5.52. The quantitative estimate of drug-likeness (QED) is 0.392. The molecule has 0 saturated heterocycles. The van der Waals surface area contributed by atoms with Crippen LogP contribution in [0.2, 0.25) is 0 Å². The van der Waals surface area contributed by atoms with Gasteiger partial charge in [0.1, 0.15) is 5.58 Å². The molecule has 5 aromatic rings. The molecule has 30 heavy (non-hydrogen) atoms. The molecule has 4 heteroatoms. The summed E-state index contributed by atoms with van der Waals surface area (Å²) in [7, 11) is 2.19. The molecule has 4 nitrogen and oxygen atoms in total. The number of rotatable bonds is 2. The minimum Gasteiger partial charge on any atom is -0.464 e. The van der Waals surface area contributed by atoms with Gasteiger partial charge in [0, 0.05) is 41.5 Å². The molecule has 1 atom stereocenters. The Labute approximate surface area is 174 Å². The lowest BCUT2D eigenvalue weighted by molar-refractivity contribution is 0.295. The van der Waals surface area contributed by atoms with Crippen LogP contribution in [0.25, 0.3) is 33.3 Å². The zero-order valence-electron chi connectivity index (χ0n) is 16.7. The van der Waals surface area contributed by atoms with Crippen molar-refractivity contribution < 1.29 is 4.42 Å². The van der Waals surface area contributed by atoms with Gasteiger partial charge in [0.2, 0.25) is 0 Å². The molecule has 1 aliphatic rings. The van der Waals surface area contributed by atoms with E-state index < -0.39 is 0 Å². The molecule has 0 amide bonds. The van der Waals surface area contributed by atoms with E-state index in [9.17, 15) is 0 Å². The summed E-state index contributed by atoms with van der Waals surface area (Å²) in [6.45, 7) is 1.93. The predicted octanol–water partition coefficient (Wildman–Crippen LogP) is 5.62. The summed E-state index contributed by atoms with van der Waals surface area (Å²) < 4.78 is 5.52. The highest BCUT2D eigenvalue weighted by molar-refractivity contribution is 5.80. The van der Waals surface area contributed by atoms with E-state index in [1.165, 1.54) is 16.7 Å². The topological polar surface area (TPSA) is 42.2 Å². The predicted molar refractivity (Wildman–Crippen MR) is 119 cm³/mol. The van der Waals surface area contributed by atoms with Crippen LogP contribution in [0.15, 0.2) is 83.6 Å². The van der Waals surface area contributed by atoms with E-state index in [2.05, 4.69) is 53.3 Å². The average molecular weight is 391 g/mol. The zero-order chi connectivity index (χ0) is 20.1. The van der Waals surface area contributed by atoms with Crippen LogP contribution in [0.3, 0.4) is 0 Å². The SMILES string of the molecule is CN1Cc2cc(-c3ncc4ccccc4n3)ccc2C(c2ccc3occc3c2)C1. The number of benzene rings is 3. The second-order valence-electron chi connectivity index (χ2n) is 8.13. The van der Waals surface area contributed by atoms with Crippen LogP contribution in [0.5, 0.6) is 0 Å². The Kier molecular flexibility index (Phi) is 3.93. The maximum Gasteiger partial charge on any atom is 0.159 e. The van der Waals surface area contributed by atoms with Crippen LogP contribution in [-0.2, 0) is 6.54 Å². The first-order valence-electron chi connectivity index (χ1n) is 10.3. The summed E-state index contributed by atoms with van der Waals surface area (Å²) in [6, 6.07) is 23.4. The normalized spacial score (nSPS) is 16.8. The second kappa shape index (κ2) is 6.78. The summed E-state index contributed by atoms with van der Waals surface area (Å²) in [5, 5.41) is 2.22. The molecule has 1 aliphatic heterocycles. The first-order chi connectivity index (χ1) is 14.7. The fraction of sp³-hybridized carbons (Fsp3) is 0.154. The number of likely N-dealkylation sites (N-methyl/N-ethyl adjacent to an activating group) is 1. The van der Waals surface area contributed by atoms with Crippen molar-refractivity contribution in [2.75, 3.05) is 13.6 Å². The zero-order valence-corrected chi connectivity index (χ0v) is 16.7. The molecule has 6 rings (SSSR count). The second-order valence-corrected chi connectivity index (χ2v) is 8.13. The Morgan fingerprint density at radius 1 is 0.967 bits per heavy atom. The summed E-state index contributed by atoms with van der Waals surface area (Å²) in [6.07, 6.45) is 3.66. The number of hydrogen-bond acceptors (Lipinski definition) is 4. The molecule has 2 aromatic heterocycles. The summed E-state index contributed by atoms with van der Waals surface area (Å²) in [5.41, 5.74) is 7.04. The van der Waals surface area contributed by atoms with E-state index in [0.29, 0.717) is 5.92 Å². The smallest absolute Gasteiger partial charge is 0.159 e. The van der Waals surface area contributed by atoms with Gasteiger partial charge in [0.15, 0.2) is 5.82 Å². The Morgan fingerprint density at radius 2 is 1.90 bits per heavy atom. The lowest BCUT2D eigenvalue weighted by Gasteiger charge is -2.33. The number of nitrogens with zero attached hydrogens (tertiary/aromatic N) is 3. The number of aromatic nitrogens is 2. The molecule has 0 spiro atoms. The van der Waals surface area contributed by atoms with Crippen LogP contribution < -0.4 is 0 Å². The van der Waals surface area contributed by atoms with Crippen LogP contribution in [0.4, 0.5) is 0 Å². The van der Waals surface area contributed by atoms with Gasteiger partial charge in [-0.25, -0.2) is 9.97 Å². The molecule has 0 N–H and O–H groups in total. The van der Waals surface area contributed by atoms with Gasteiger partial charge in [-0.05, 0) is 54.1 Å². The van der Waals surface area contributed by atoms with E-state index in [-0.39, 0.29) is 0 Å². The molecule has 0 saturated carbocycles. The molecular formula is C26H21N3O. The molecule has 1 unspecified atom stereocenters. The van der Waals surface area contributed by atoms with Crippen molar-refractivity contribution in [3.8, 4) is 11.4 Å². The van der Waals surface area contributed by atoms with Crippen molar-refractivity contribution in [2.45, 2.75) is 12.5 Å². The number of para-hydroxylation sites is 1. The van der Waals surface area contributed by atoms with Gasteiger partial charge in [0.25, 0.3) is 0 Å². The van der Waals surface area contributed by atoms with E-state index in [0.717, 1.165) is 46.3 Å². The monoisotopic (exact) mass is 391 g/mol. The first kappa shape index (κ1) is 17.4. The lowest BCUT2D eigenvalue weighted by Crippen LogP contribution is -2.31. The van der Waals surface area contributed by atoms with Gasteiger partial charge < -0.3 is 9.32 Å². The standard InChI is InChI=1S/C26H21N3O/c1-29-15-21-13-19(26-27-14-20-4-2-3-5-24(20)28-26)6-8-22(21)23(16-29)17-7-9-25-18(12-17)10-11-30-25/h2-14,23H,15-16H2,1H3. The number of fused-ring (bicyclic) bond motifs is 3. The van der Waals surface area contributed by atoms with Crippen LogP contribution in [-0.4, -0.2) is 28.5 Å². The van der Waals surface area contributed by atoms with Gasteiger partial charge in [-0.2, -0.15) is 0 Å². The highest BCUT2D eigenvalue weighted by Gasteiger charge is 2.25. The fourth-order valence-electron chi connectivity index (χ4n) is 4.59. The Bertz CT molecular complexity index is 1390. The van der Waals surface area contributed by atoms with Crippen LogP contribution in [0.1, 0.15) is 22.6 Å². The van der Waals surface area contributed by atoms with Gasteiger partial charge >= 0.3 is 0 Å². The lowest BCUT2D eigenvalue weighted by atomic mass is 9.83. The first-order valence-corrected chi connectivity index (χ1v) is 10.3. The number of furan rings is 1. The van der Waals surface area contributed by atoms with Gasteiger partial charge in [0.05, 0.1) is 11.8 Å². The highest BCUT2D eigenvalue weighted by atomic mass is 16.3. The summed E-state index contributed by atoms with van der Waals surface area (Å²) in [5.74, 6) is 1.12. The molecule has 0 radical (unpaired) electrons. The molecule has 146 valence electrons. The Morgan fingerprint density at radius 3 is 2.87 bits per heavy atom. The van der Waals surface area contributed by atoms with Crippen molar-refractivity contribution in [3.05, 3.63) is 95.9 Å².